The highest BCUT2D eigenvalue weighted by Crippen LogP contribution is 2.37. The van der Waals surface area contributed by atoms with Crippen molar-refractivity contribution in [2.75, 3.05) is 26.2 Å². The summed E-state index contributed by atoms with van der Waals surface area (Å²) in [5, 5.41) is 3.83. The van der Waals surface area contributed by atoms with Crippen LogP contribution in [0.15, 0.2) is 18.2 Å². The van der Waals surface area contributed by atoms with Gasteiger partial charge in [0.1, 0.15) is 0 Å². The summed E-state index contributed by atoms with van der Waals surface area (Å²) in [5.41, 5.74) is 0.482. The van der Waals surface area contributed by atoms with E-state index in [9.17, 15) is 13.2 Å². The van der Waals surface area contributed by atoms with E-state index in [1.54, 1.807) is 12.1 Å². The van der Waals surface area contributed by atoms with Crippen molar-refractivity contribution in [3.63, 3.8) is 0 Å². The molecular weight excluding hydrogens is 383 g/mol. The largest absolute Gasteiger partial charge is 0.390 e. The number of halogens is 7. The molecule has 22 heavy (non-hydrogen) atoms. The molecule has 0 bridgehead atoms. The highest BCUT2D eigenvalue weighted by molar-refractivity contribution is 6.35. The summed E-state index contributed by atoms with van der Waals surface area (Å²) < 4.78 is 38.5. The van der Waals surface area contributed by atoms with Crippen LogP contribution in [0.3, 0.4) is 0 Å². The Morgan fingerprint density at radius 1 is 1.14 bits per heavy atom. The van der Waals surface area contributed by atoms with Crippen molar-refractivity contribution < 1.29 is 13.2 Å². The average molecular weight is 400 g/mol. The zero-order valence-corrected chi connectivity index (χ0v) is 14.6. The zero-order chi connectivity index (χ0) is 14.8. The van der Waals surface area contributed by atoms with Gasteiger partial charge in [0, 0.05) is 42.3 Å². The summed E-state index contributed by atoms with van der Waals surface area (Å²) in [5.74, 6) is 0. The first-order valence-electron chi connectivity index (χ1n) is 6.33. The number of rotatable bonds is 3. The number of hydrogen-bond donors (Lipinski definition) is 1. The summed E-state index contributed by atoms with van der Waals surface area (Å²) in [7, 11) is 0. The van der Waals surface area contributed by atoms with Crippen LogP contribution in [0.2, 0.25) is 10.0 Å². The van der Waals surface area contributed by atoms with Crippen LogP contribution in [0, 0.1) is 0 Å². The fraction of sp³-hybridized carbons (Fsp3) is 0.538. The van der Waals surface area contributed by atoms with E-state index in [0.717, 1.165) is 0 Å². The van der Waals surface area contributed by atoms with Crippen molar-refractivity contribution in [3.05, 3.63) is 33.8 Å². The Kier molecular flexibility index (Phi) is 9.44. The molecule has 0 unspecified atom stereocenters. The van der Waals surface area contributed by atoms with Crippen molar-refractivity contribution in [1.82, 2.24) is 10.2 Å². The number of benzene rings is 1. The Labute approximate surface area is 150 Å². The van der Waals surface area contributed by atoms with Crippen LogP contribution in [-0.4, -0.2) is 37.3 Å². The van der Waals surface area contributed by atoms with Gasteiger partial charge in [0.2, 0.25) is 0 Å². The monoisotopic (exact) mass is 398 g/mol. The molecule has 1 saturated heterocycles. The maximum atomic E-state index is 12.8. The van der Waals surface area contributed by atoms with E-state index in [0.29, 0.717) is 36.8 Å². The molecule has 1 aliphatic heterocycles. The summed E-state index contributed by atoms with van der Waals surface area (Å²) in [6, 6.07) is 3.89. The number of nitrogens with one attached hydrogen (secondary N) is 1. The third-order valence-corrected chi connectivity index (χ3v) is 3.90. The second kappa shape index (κ2) is 9.40. The third-order valence-electron chi connectivity index (χ3n) is 3.34. The second-order valence-electron chi connectivity index (χ2n) is 4.79. The van der Waals surface area contributed by atoms with Crippen molar-refractivity contribution in [3.8, 4) is 0 Å². The van der Waals surface area contributed by atoms with Crippen LogP contribution in [0.5, 0.6) is 0 Å². The maximum absolute atomic E-state index is 12.8. The molecule has 1 aromatic carbocycles. The van der Waals surface area contributed by atoms with Gasteiger partial charge in [-0.05, 0) is 17.7 Å². The summed E-state index contributed by atoms with van der Waals surface area (Å²) >= 11 is 11.9. The molecule has 1 heterocycles. The fourth-order valence-corrected chi connectivity index (χ4v) is 2.95. The van der Waals surface area contributed by atoms with E-state index >= 15 is 0 Å². The highest BCUT2D eigenvalue weighted by Gasteiger charge is 2.36. The normalized spacial score (nSPS) is 17.3. The number of hydrogen-bond acceptors (Lipinski definition) is 2. The molecule has 0 aliphatic carbocycles. The zero-order valence-electron chi connectivity index (χ0n) is 11.5. The van der Waals surface area contributed by atoms with Gasteiger partial charge in [-0.25, -0.2) is 0 Å². The molecule has 2 nitrogen and oxygen atoms in total. The number of nitrogens with zero attached hydrogens (tertiary/aromatic N) is 1. The molecule has 1 aromatic rings. The molecule has 1 N–H and O–H groups in total. The van der Waals surface area contributed by atoms with Gasteiger partial charge < -0.3 is 5.32 Å². The molecule has 2 rings (SSSR count). The van der Waals surface area contributed by atoms with Crippen molar-refractivity contribution in [1.29, 1.82) is 0 Å². The molecule has 0 spiro atoms. The summed E-state index contributed by atoms with van der Waals surface area (Å²) in [6.45, 7) is 2.50. The molecule has 1 fully saturated rings. The van der Waals surface area contributed by atoms with Crippen LogP contribution in [0.1, 0.15) is 18.0 Å². The molecular formula is C13H17Cl4F3N2. The molecule has 1 aliphatic rings. The van der Waals surface area contributed by atoms with E-state index in [1.165, 1.54) is 6.07 Å². The minimum atomic E-state index is -4.24. The minimum absolute atomic E-state index is 0. The van der Waals surface area contributed by atoms with E-state index in [4.69, 9.17) is 23.2 Å². The van der Waals surface area contributed by atoms with Crippen LogP contribution in [0.4, 0.5) is 13.2 Å². The lowest BCUT2D eigenvalue weighted by Crippen LogP contribution is -2.46. The first-order chi connectivity index (χ1) is 9.37. The lowest BCUT2D eigenvalue weighted by molar-refractivity contribution is -0.148. The lowest BCUT2D eigenvalue weighted by atomic mass is 10.0. The molecule has 0 aromatic heterocycles. The Morgan fingerprint density at radius 3 is 2.23 bits per heavy atom. The van der Waals surface area contributed by atoms with Crippen LogP contribution in [-0.2, 0) is 0 Å². The van der Waals surface area contributed by atoms with Gasteiger partial charge in [0.05, 0.1) is 6.42 Å². The molecule has 0 radical (unpaired) electrons. The third kappa shape index (κ3) is 6.30. The van der Waals surface area contributed by atoms with Gasteiger partial charge in [0.25, 0.3) is 0 Å². The van der Waals surface area contributed by atoms with Gasteiger partial charge >= 0.3 is 6.18 Å². The van der Waals surface area contributed by atoms with Gasteiger partial charge in [0.15, 0.2) is 0 Å². The van der Waals surface area contributed by atoms with E-state index in [-0.39, 0.29) is 29.8 Å². The SMILES string of the molecule is Cl.Cl.FC(F)(F)C[C@@H](c1ccc(Cl)cc1Cl)N1CCNCC1. The topological polar surface area (TPSA) is 15.3 Å². The first kappa shape index (κ1) is 22.1. The Bertz CT molecular complexity index is 465. The van der Waals surface area contributed by atoms with Crippen LogP contribution >= 0.6 is 48.0 Å². The van der Waals surface area contributed by atoms with Gasteiger partial charge in [-0.1, -0.05) is 29.3 Å². The minimum Gasteiger partial charge on any atom is -0.314 e. The fourth-order valence-electron chi connectivity index (χ4n) is 2.42. The predicted octanol–water partition coefficient (Wildman–Crippen LogP) is 4.74. The van der Waals surface area contributed by atoms with Crippen LogP contribution < -0.4 is 5.32 Å². The van der Waals surface area contributed by atoms with Gasteiger partial charge in [-0.2, -0.15) is 13.2 Å². The van der Waals surface area contributed by atoms with Crippen molar-refractivity contribution in [2.45, 2.75) is 18.6 Å². The van der Waals surface area contributed by atoms with Gasteiger partial charge in [-0.3, -0.25) is 4.90 Å². The molecule has 128 valence electrons. The molecule has 0 amide bonds. The van der Waals surface area contributed by atoms with Crippen molar-refractivity contribution >= 4 is 48.0 Å². The predicted molar refractivity (Wildman–Crippen MR) is 88.8 cm³/mol. The maximum Gasteiger partial charge on any atom is 0.390 e. The van der Waals surface area contributed by atoms with E-state index in [1.807, 2.05) is 4.90 Å². The number of piperazine rings is 1. The van der Waals surface area contributed by atoms with Gasteiger partial charge in [-0.15, -0.1) is 24.8 Å². The Balaban J connectivity index is 0.00000220. The first-order valence-corrected chi connectivity index (χ1v) is 7.09. The Morgan fingerprint density at radius 2 is 1.73 bits per heavy atom. The van der Waals surface area contributed by atoms with Crippen LogP contribution in [0.25, 0.3) is 0 Å². The number of alkyl halides is 3. The highest BCUT2D eigenvalue weighted by atomic mass is 35.5. The molecule has 1 atom stereocenters. The molecule has 0 saturated carbocycles. The van der Waals surface area contributed by atoms with E-state index in [2.05, 4.69) is 5.32 Å². The quantitative estimate of drug-likeness (QED) is 0.789. The Hall–Kier alpha value is 0.0900. The summed E-state index contributed by atoms with van der Waals surface area (Å²) in [6.07, 6.45) is -5.15. The summed E-state index contributed by atoms with van der Waals surface area (Å²) in [4.78, 5) is 1.82. The lowest BCUT2D eigenvalue weighted by Gasteiger charge is -2.36. The van der Waals surface area contributed by atoms with Crippen molar-refractivity contribution in [2.24, 2.45) is 0 Å². The van der Waals surface area contributed by atoms with E-state index < -0.39 is 18.6 Å². The average Bonchev–Trinajstić information content (AvgIpc) is 2.36. The smallest absolute Gasteiger partial charge is 0.314 e. The standard InChI is InChI=1S/C13H15Cl2F3N2.2ClH/c14-9-1-2-10(11(15)7-9)12(8-13(16,17)18)20-5-3-19-4-6-20;;/h1-2,7,12,19H,3-6,8H2;2*1H/t12-;;/m0../s1. The molecule has 9 heteroatoms. The second-order valence-corrected chi connectivity index (χ2v) is 5.63.